The molecule has 0 unspecified atom stereocenters. The molecule has 0 aliphatic carbocycles. The molecule has 0 bridgehead atoms. The normalized spacial score (nSPS) is 10.9. The van der Waals surface area contributed by atoms with Crippen LogP contribution in [-0.2, 0) is 18.2 Å². The molecule has 2 N–H and O–H groups in total. The number of methoxy groups -OCH3 is 1. The monoisotopic (exact) mass is 299 g/mol. The Bertz CT molecular complexity index is 596. The first-order chi connectivity index (χ1) is 9.04. The van der Waals surface area contributed by atoms with Crippen molar-refractivity contribution in [1.29, 1.82) is 0 Å². The summed E-state index contributed by atoms with van der Waals surface area (Å²) >= 11 is 12.0. The zero-order chi connectivity index (χ0) is 14.0. The van der Waals surface area contributed by atoms with E-state index in [1.807, 2.05) is 13.1 Å². The number of ether oxygens (including phenoxy) is 1. The highest BCUT2D eigenvalue weighted by atomic mass is 35.5. The van der Waals surface area contributed by atoms with Crippen LogP contribution in [0.15, 0.2) is 18.2 Å². The van der Waals surface area contributed by atoms with Gasteiger partial charge in [0.25, 0.3) is 0 Å². The molecule has 0 atom stereocenters. The third kappa shape index (κ3) is 2.86. The Labute approximate surface area is 122 Å². The maximum Gasteiger partial charge on any atom is 0.129 e. The van der Waals surface area contributed by atoms with Gasteiger partial charge in [-0.25, -0.2) is 0 Å². The fourth-order valence-corrected chi connectivity index (χ4v) is 2.23. The van der Waals surface area contributed by atoms with Crippen molar-refractivity contribution in [2.75, 3.05) is 19.5 Å². The molecule has 0 aliphatic rings. The fraction of sp³-hybridized carbons (Fsp3) is 0.308. The van der Waals surface area contributed by atoms with Crippen LogP contribution in [0, 0.1) is 0 Å². The summed E-state index contributed by atoms with van der Waals surface area (Å²) < 4.78 is 6.75. The van der Waals surface area contributed by atoms with Crippen LogP contribution < -0.4 is 5.73 Å². The van der Waals surface area contributed by atoms with E-state index in [1.54, 1.807) is 23.9 Å². The van der Waals surface area contributed by atoms with Crippen LogP contribution in [0.4, 0.5) is 5.82 Å². The largest absolute Gasteiger partial charge is 0.384 e. The average Bonchev–Trinajstić information content (AvgIpc) is 2.66. The van der Waals surface area contributed by atoms with Crippen LogP contribution in [0.1, 0.15) is 5.69 Å². The van der Waals surface area contributed by atoms with Gasteiger partial charge in [0, 0.05) is 26.1 Å². The zero-order valence-corrected chi connectivity index (χ0v) is 12.3. The predicted octanol–water partition coefficient (Wildman–Crippen LogP) is 3.17. The highest BCUT2D eigenvalue weighted by molar-refractivity contribution is 6.42. The molecule has 19 heavy (non-hydrogen) atoms. The Hall–Kier alpha value is -1.23. The standard InChI is InChI=1S/C13H15Cl2N3O/c1-18-13(16)12(11(17-18)5-6-19-2)8-3-4-9(14)10(15)7-8/h3-4,7H,5-6,16H2,1-2H3. The molecule has 2 aromatic rings. The Morgan fingerprint density at radius 3 is 2.68 bits per heavy atom. The maximum absolute atomic E-state index is 6.08. The fourth-order valence-electron chi connectivity index (χ4n) is 1.93. The molecule has 0 saturated carbocycles. The molecule has 6 heteroatoms. The number of nitrogens with two attached hydrogens (primary N) is 1. The first-order valence-corrected chi connectivity index (χ1v) is 6.56. The van der Waals surface area contributed by atoms with Gasteiger partial charge in [0.1, 0.15) is 5.82 Å². The minimum atomic E-state index is 0.500. The molecule has 1 heterocycles. The van der Waals surface area contributed by atoms with Crippen molar-refractivity contribution in [3.8, 4) is 11.1 Å². The Morgan fingerprint density at radius 2 is 2.05 bits per heavy atom. The number of aromatic nitrogens is 2. The molecular formula is C13H15Cl2N3O. The van der Waals surface area contributed by atoms with E-state index in [4.69, 9.17) is 33.7 Å². The van der Waals surface area contributed by atoms with Crippen LogP contribution in [0.3, 0.4) is 0 Å². The highest BCUT2D eigenvalue weighted by Gasteiger charge is 2.16. The first-order valence-electron chi connectivity index (χ1n) is 5.80. The van der Waals surface area contributed by atoms with Gasteiger partial charge in [-0.2, -0.15) is 5.10 Å². The zero-order valence-electron chi connectivity index (χ0n) is 10.8. The lowest BCUT2D eigenvalue weighted by atomic mass is 10.0. The summed E-state index contributed by atoms with van der Waals surface area (Å²) in [5.74, 6) is 0.601. The second-order valence-electron chi connectivity index (χ2n) is 4.20. The van der Waals surface area contributed by atoms with Crippen LogP contribution in [0.5, 0.6) is 0 Å². The Balaban J connectivity index is 2.50. The first kappa shape index (κ1) is 14.2. The van der Waals surface area contributed by atoms with Crippen molar-refractivity contribution in [2.45, 2.75) is 6.42 Å². The van der Waals surface area contributed by atoms with E-state index in [-0.39, 0.29) is 0 Å². The molecule has 1 aromatic heterocycles. The number of rotatable bonds is 4. The van der Waals surface area contributed by atoms with Gasteiger partial charge in [0.15, 0.2) is 0 Å². The summed E-state index contributed by atoms with van der Waals surface area (Å²) in [7, 11) is 3.47. The van der Waals surface area contributed by atoms with E-state index in [9.17, 15) is 0 Å². The molecule has 0 fully saturated rings. The topological polar surface area (TPSA) is 53.1 Å². The van der Waals surface area contributed by atoms with E-state index >= 15 is 0 Å². The van der Waals surface area contributed by atoms with Crippen LogP contribution in [-0.4, -0.2) is 23.5 Å². The van der Waals surface area contributed by atoms with Crippen molar-refractivity contribution < 1.29 is 4.74 Å². The van der Waals surface area contributed by atoms with Crippen LogP contribution in [0.25, 0.3) is 11.1 Å². The van der Waals surface area contributed by atoms with Crippen molar-refractivity contribution >= 4 is 29.0 Å². The minimum Gasteiger partial charge on any atom is -0.384 e. The van der Waals surface area contributed by atoms with Gasteiger partial charge in [-0.15, -0.1) is 0 Å². The second kappa shape index (κ2) is 5.82. The molecule has 0 radical (unpaired) electrons. The third-order valence-electron chi connectivity index (χ3n) is 2.92. The van der Waals surface area contributed by atoms with Gasteiger partial charge >= 0.3 is 0 Å². The quantitative estimate of drug-likeness (QED) is 0.943. The molecule has 0 aliphatic heterocycles. The van der Waals surface area contributed by atoms with E-state index in [0.29, 0.717) is 28.9 Å². The molecule has 0 amide bonds. The number of hydrogen-bond donors (Lipinski definition) is 1. The predicted molar refractivity (Wildman–Crippen MR) is 78.7 cm³/mol. The maximum atomic E-state index is 6.08. The van der Waals surface area contributed by atoms with Crippen molar-refractivity contribution in [2.24, 2.45) is 7.05 Å². The summed E-state index contributed by atoms with van der Waals surface area (Å²) in [5, 5.41) is 5.43. The summed E-state index contributed by atoms with van der Waals surface area (Å²) in [6.45, 7) is 0.588. The number of nitrogens with zero attached hydrogens (tertiary/aromatic N) is 2. The lowest BCUT2D eigenvalue weighted by Gasteiger charge is -2.05. The van der Waals surface area contributed by atoms with Gasteiger partial charge in [0.05, 0.1) is 22.3 Å². The van der Waals surface area contributed by atoms with Gasteiger partial charge in [-0.3, -0.25) is 4.68 Å². The van der Waals surface area contributed by atoms with Gasteiger partial charge in [0.2, 0.25) is 0 Å². The molecule has 2 rings (SSSR count). The van der Waals surface area contributed by atoms with Crippen LogP contribution >= 0.6 is 23.2 Å². The molecule has 102 valence electrons. The lowest BCUT2D eigenvalue weighted by Crippen LogP contribution is -1.98. The number of aryl methyl sites for hydroxylation is 1. The summed E-state index contributed by atoms with van der Waals surface area (Å²) in [6, 6.07) is 5.44. The smallest absolute Gasteiger partial charge is 0.129 e. The average molecular weight is 300 g/mol. The van der Waals surface area contributed by atoms with Crippen molar-refractivity contribution in [3.63, 3.8) is 0 Å². The number of halogens is 2. The number of anilines is 1. The minimum absolute atomic E-state index is 0.500. The summed E-state index contributed by atoms with van der Waals surface area (Å²) in [4.78, 5) is 0. The van der Waals surface area contributed by atoms with Crippen LogP contribution in [0.2, 0.25) is 10.0 Å². The Morgan fingerprint density at radius 1 is 1.32 bits per heavy atom. The molecular weight excluding hydrogens is 285 g/mol. The second-order valence-corrected chi connectivity index (χ2v) is 5.02. The summed E-state index contributed by atoms with van der Waals surface area (Å²) in [6.07, 6.45) is 0.692. The molecule has 4 nitrogen and oxygen atoms in total. The van der Waals surface area contributed by atoms with Gasteiger partial charge in [-0.05, 0) is 17.7 Å². The number of benzene rings is 1. The number of hydrogen-bond acceptors (Lipinski definition) is 3. The SMILES string of the molecule is COCCc1nn(C)c(N)c1-c1ccc(Cl)c(Cl)c1. The molecule has 0 saturated heterocycles. The van der Waals surface area contributed by atoms with E-state index in [1.165, 1.54) is 0 Å². The van der Waals surface area contributed by atoms with Gasteiger partial charge in [-0.1, -0.05) is 29.3 Å². The van der Waals surface area contributed by atoms with E-state index in [2.05, 4.69) is 5.10 Å². The number of nitrogen functional groups attached to an aromatic ring is 1. The third-order valence-corrected chi connectivity index (χ3v) is 3.65. The van der Waals surface area contributed by atoms with E-state index in [0.717, 1.165) is 16.8 Å². The Kier molecular flexibility index (Phi) is 4.34. The van der Waals surface area contributed by atoms with Crippen molar-refractivity contribution in [3.05, 3.63) is 33.9 Å². The van der Waals surface area contributed by atoms with Crippen molar-refractivity contribution in [1.82, 2.24) is 9.78 Å². The van der Waals surface area contributed by atoms with E-state index < -0.39 is 0 Å². The molecule has 0 spiro atoms. The lowest BCUT2D eigenvalue weighted by molar-refractivity contribution is 0.201. The molecule has 1 aromatic carbocycles. The van der Waals surface area contributed by atoms with Gasteiger partial charge < -0.3 is 10.5 Å². The summed E-state index contributed by atoms with van der Waals surface area (Å²) in [5.41, 5.74) is 8.76. The highest BCUT2D eigenvalue weighted by Crippen LogP contribution is 2.33.